The van der Waals surface area contributed by atoms with Crippen molar-refractivity contribution in [2.45, 2.75) is 6.54 Å². The number of methoxy groups -OCH3 is 1. The van der Waals surface area contributed by atoms with Gasteiger partial charge in [0.15, 0.2) is 0 Å². The molecule has 1 aromatic carbocycles. The van der Waals surface area contributed by atoms with Gasteiger partial charge in [0.2, 0.25) is 0 Å². The van der Waals surface area contributed by atoms with Crippen molar-refractivity contribution in [1.29, 1.82) is 0 Å². The molecule has 0 saturated heterocycles. The van der Waals surface area contributed by atoms with Crippen molar-refractivity contribution in [3.8, 4) is 0 Å². The highest BCUT2D eigenvalue weighted by molar-refractivity contribution is 6.02. The predicted octanol–water partition coefficient (Wildman–Crippen LogP) is 0.168. The van der Waals surface area contributed by atoms with Crippen LogP contribution in [0.3, 0.4) is 0 Å². The van der Waals surface area contributed by atoms with Crippen molar-refractivity contribution in [3.63, 3.8) is 0 Å². The SMILES string of the molecule is COC(=O)c1cccc2nc(CN)[nH]c(=O)c12. The number of nitrogens with one attached hydrogen (secondary N) is 1. The zero-order chi connectivity index (χ0) is 12.4. The predicted molar refractivity (Wildman–Crippen MR) is 61.6 cm³/mol. The van der Waals surface area contributed by atoms with Crippen LogP contribution in [0.25, 0.3) is 10.9 Å². The molecule has 17 heavy (non-hydrogen) atoms. The Hall–Kier alpha value is -2.21. The number of benzene rings is 1. The molecule has 6 heteroatoms. The lowest BCUT2D eigenvalue weighted by Gasteiger charge is -2.04. The highest BCUT2D eigenvalue weighted by Crippen LogP contribution is 2.13. The van der Waals surface area contributed by atoms with Crippen LogP contribution in [-0.4, -0.2) is 23.0 Å². The summed E-state index contributed by atoms with van der Waals surface area (Å²) in [7, 11) is 1.26. The van der Waals surface area contributed by atoms with Gasteiger partial charge in [-0.3, -0.25) is 4.79 Å². The van der Waals surface area contributed by atoms with E-state index in [-0.39, 0.29) is 17.5 Å². The molecule has 0 saturated carbocycles. The first-order valence-corrected chi connectivity index (χ1v) is 4.97. The largest absolute Gasteiger partial charge is 0.465 e. The minimum absolute atomic E-state index is 0.133. The van der Waals surface area contributed by atoms with Crippen LogP contribution >= 0.6 is 0 Å². The number of aromatic nitrogens is 2. The summed E-state index contributed by atoms with van der Waals surface area (Å²) in [6.07, 6.45) is 0. The number of carbonyl (C=O) groups excluding carboxylic acids is 1. The number of fused-ring (bicyclic) bond motifs is 1. The molecule has 1 aromatic heterocycles. The molecule has 0 aliphatic rings. The number of ether oxygens (including phenoxy) is 1. The van der Waals surface area contributed by atoms with E-state index in [1.807, 2.05) is 0 Å². The van der Waals surface area contributed by atoms with E-state index in [0.29, 0.717) is 11.3 Å². The topological polar surface area (TPSA) is 98.1 Å². The second-order valence-corrected chi connectivity index (χ2v) is 3.41. The Morgan fingerprint density at radius 2 is 2.29 bits per heavy atom. The smallest absolute Gasteiger partial charge is 0.338 e. The molecule has 0 atom stereocenters. The summed E-state index contributed by atoms with van der Waals surface area (Å²) in [6.45, 7) is 0.133. The van der Waals surface area contributed by atoms with Crippen LogP contribution in [0.1, 0.15) is 16.2 Å². The van der Waals surface area contributed by atoms with Gasteiger partial charge in [0.25, 0.3) is 5.56 Å². The standard InChI is InChI=1S/C11H11N3O3/c1-17-11(16)6-3-2-4-7-9(6)10(15)14-8(5-12)13-7/h2-4H,5,12H2,1H3,(H,13,14,15). The fourth-order valence-corrected chi connectivity index (χ4v) is 1.62. The van der Waals surface area contributed by atoms with E-state index >= 15 is 0 Å². The molecular weight excluding hydrogens is 222 g/mol. The number of nitrogens with two attached hydrogens (primary N) is 1. The number of rotatable bonds is 2. The van der Waals surface area contributed by atoms with E-state index < -0.39 is 11.5 Å². The van der Waals surface area contributed by atoms with Crippen LogP contribution in [0.5, 0.6) is 0 Å². The first-order valence-electron chi connectivity index (χ1n) is 4.97. The molecule has 0 bridgehead atoms. The number of hydrogen-bond donors (Lipinski definition) is 2. The molecule has 6 nitrogen and oxygen atoms in total. The summed E-state index contributed by atoms with van der Waals surface area (Å²) >= 11 is 0. The minimum Gasteiger partial charge on any atom is -0.465 e. The quantitative estimate of drug-likeness (QED) is 0.720. The molecule has 0 spiro atoms. The van der Waals surface area contributed by atoms with Gasteiger partial charge in [0.1, 0.15) is 5.82 Å². The van der Waals surface area contributed by atoms with Crippen LogP contribution in [0.15, 0.2) is 23.0 Å². The second kappa shape index (κ2) is 4.34. The molecular formula is C11H11N3O3. The summed E-state index contributed by atoms with van der Waals surface area (Å²) in [5, 5.41) is 0.219. The number of aromatic amines is 1. The van der Waals surface area contributed by atoms with E-state index in [0.717, 1.165) is 0 Å². The lowest BCUT2D eigenvalue weighted by atomic mass is 10.1. The lowest BCUT2D eigenvalue weighted by Crippen LogP contribution is -2.17. The van der Waals surface area contributed by atoms with Crippen molar-refractivity contribution >= 4 is 16.9 Å². The Morgan fingerprint density at radius 1 is 1.53 bits per heavy atom. The van der Waals surface area contributed by atoms with Crippen molar-refractivity contribution in [2.75, 3.05) is 7.11 Å². The Labute approximate surface area is 96.4 Å². The van der Waals surface area contributed by atoms with Gasteiger partial charge in [0.05, 0.1) is 30.1 Å². The first-order chi connectivity index (χ1) is 8.17. The average Bonchev–Trinajstić information content (AvgIpc) is 2.36. The number of hydrogen-bond acceptors (Lipinski definition) is 5. The van der Waals surface area contributed by atoms with Crippen LogP contribution in [-0.2, 0) is 11.3 Å². The lowest BCUT2D eigenvalue weighted by molar-refractivity contribution is 0.0603. The van der Waals surface area contributed by atoms with Gasteiger partial charge in [-0.05, 0) is 12.1 Å². The Kier molecular flexibility index (Phi) is 2.88. The normalized spacial score (nSPS) is 10.5. The molecule has 0 aliphatic carbocycles. The number of esters is 1. The number of carbonyl (C=O) groups is 1. The van der Waals surface area contributed by atoms with Crippen LogP contribution in [0.2, 0.25) is 0 Å². The molecule has 0 amide bonds. The second-order valence-electron chi connectivity index (χ2n) is 3.41. The zero-order valence-corrected chi connectivity index (χ0v) is 9.19. The molecule has 0 fully saturated rings. The van der Waals surface area contributed by atoms with Crippen LogP contribution in [0.4, 0.5) is 0 Å². The van der Waals surface area contributed by atoms with Gasteiger partial charge in [-0.25, -0.2) is 9.78 Å². The summed E-state index contributed by atoms with van der Waals surface area (Å²) in [5.74, 6) is -0.187. The molecule has 2 rings (SSSR count). The molecule has 0 radical (unpaired) electrons. The highest BCUT2D eigenvalue weighted by atomic mass is 16.5. The molecule has 88 valence electrons. The maximum absolute atomic E-state index is 11.8. The average molecular weight is 233 g/mol. The molecule has 3 N–H and O–H groups in total. The van der Waals surface area contributed by atoms with Crippen molar-refractivity contribution in [3.05, 3.63) is 39.9 Å². The Morgan fingerprint density at radius 3 is 2.94 bits per heavy atom. The monoisotopic (exact) mass is 233 g/mol. The maximum atomic E-state index is 11.8. The van der Waals surface area contributed by atoms with Crippen molar-refractivity contribution in [1.82, 2.24) is 9.97 Å². The minimum atomic E-state index is -0.566. The van der Waals surface area contributed by atoms with Gasteiger partial charge in [0, 0.05) is 0 Å². The van der Waals surface area contributed by atoms with E-state index in [9.17, 15) is 9.59 Å². The molecule has 0 unspecified atom stereocenters. The summed E-state index contributed by atoms with van der Waals surface area (Å²) in [6, 6.07) is 4.81. The van der Waals surface area contributed by atoms with Gasteiger partial charge < -0.3 is 15.5 Å². The van der Waals surface area contributed by atoms with Crippen LogP contribution in [0, 0.1) is 0 Å². The van der Waals surface area contributed by atoms with E-state index in [1.165, 1.54) is 13.2 Å². The van der Waals surface area contributed by atoms with E-state index in [1.54, 1.807) is 12.1 Å². The Bertz CT molecular complexity index is 633. The van der Waals surface area contributed by atoms with Gasteiger partial charge in [-0.15, -0.1) is 0 Å². The fraction of sp³-hybridized carbons (Fsp3) is 0.182. The maximum Gasteiger partial charge on any atom is 0.338 e. The third-order valence-electron chi connectivity index (χ3n) is 2.38. The highest BCUT2D eigenvalue weighted by Gasteiger charge is 2.14. The number of nitrogens with zero attached hydrogens (tertiary/aromatic N) is 1. The third-order valence-corrected chi connectivity index (χ3v) is 2.38. The number of H-pyrrole nitrogens is 1. The Balaban J connectivity index is 2.81. The van der Waals surface area contributed by atoms with Crippen molar-refractivity contribution < 1.29 is 9.53 Å². The van der Waals surface area contributed by atoms with Gasteiger partial charge in [-0.1, -0.05) is 6.07 Å². The fourth-order valence-electron chi connectivity index (χ4n) is 1.62. The van der Waals surface area contributed by atoms with Gasteiger partial charge >= 0.3 is 5.97 Å². The van der Waals surface area contributed by atoms with Gasteiger partial charge in [-0.2, -0.15) is 0 Å². The van der Waals surface area contributed by atoms with E-state index in [4.69, 9.17) is 5.73 Å². The molecule has 0 aliphatic heterocycles. The summed E-state index contributed by atoms with van der Waals surface area (Å²) in [4.78, 5) is 30.0. The summed E-state index contributed by atoms with van der Waals surface area (Å²) in [5.41, 5.74) is 5.64. The zero-order valence-electron chi connectivity index (χ0n) is 9.19. The molecule has 1 heterocycles. The van der Waals surface area contributed by atoms with E-state index in [2.05, 4.69) is 14.7 Å². The first kappa shape index (κ1) is 11.3. The summed E-state index contributed by atoms with van der Waals surface area (Å²) < 4.78 is 4.61. The van der Waals surface area contributed by atoms with Crippen molar-refractivity contribution in [2.24, 2.45) is 5.73 Å². The third kappa shape index (κ3) is 1.90. The van der Waals surface area contributed by atoms with Crippen LogP contribution < -0.4 is 11.3 Å². The molecule has 2 aromatic rings.